The van der Waals surface area contributed by atoms with Gasteiger partial charge in [0.1, 0.15) is 11.9 Å². The van der Waals surface area contributed by atoms with Gasteiger partial charge in [0.05, 0.1) is 4.47 Å². The summed E-state index contributed by atoms with van der Waals surface area (Å²) >= 11 is 9.17. The Labute approximate surface area is 118 Å². The number of halogens is 3. The van der Waals surface area contributed by atoms with Crippen molar-refractivity contribution in [1.82, 2.24) is 0 Å². The predicted octanol–water partition coefficient (Wildman–Crippen LogP) is 4.63. The van der Waals surface area contributed by atoms with Crippen molar-refractivity contribution in [2.24, 2.45) is 0 Å². The molecule has 0 aromatic heterocycles. The van der Waals surface area contributed by atoms with Crippen LogP contribution in [0.15, 0.2) is 40.9 Å². The van der Waals surface area contributed by atoms with E-state index in [2.05, 4.69) is 15.9 Å². The van der Waals surface area contributed by atoms with Crippen LogP contribution in [0.25, 0.3) is 0 Å². The van der Waals surface area contributed by atoms with Gasteiger partial charge in [-0.1, -0.05) is 35.9 Å². The van der Waals surface area contributed by atoms with E-state index >= 15 is 0 Å². The van der Waals surface area contributed by atoms with Crippen molar-refractivity contribution >= 4 is 27.5 Å². The standard InChI is InChI=1S/C14H11BrClFO/c1-8-5-6-9(12(16)7-8)14(18)10-3-2-4-11(15)13(10)17/h2-7,14,18H,1H3. The van der Waals surface area contributed by atoms with Gasteiger partial charge < -0.3 is 5.11 Å². The van der Waals surface area contributed by atoms with Crippen molar-refractivity contribution in [3.05, 3.63) is 68.4 Å². The summed E-state index contributed by atoms with van der Waals surface area (Å²) in [5, 5.41) is 10.7. The molecule has 2 rings (SSSR count). The zero-order valence-corrected chi connectivity index (χ0v) is 12.0. The first-order valence-electron chi connectivity index (χ1n) is 5.38. The molecule has 0 amide bonds. The van der Waals surface area contributed by atoms with Crippen LogP contribution in [0.1, 0.15) is 22.8 Å². The maximum Gasteiger partial charge on any atom is 0.143 e. The monoisotopic (exact) mass is 328 g/mol. The highest BCUT2D eigenvalue weighted by molar-refractivity contribution is 9.10. The van der Waals surface area contributed by atoms with Gasteiger partial charge in [-0.25, -0.2) is 4.39 Å². The Morgan fingerprint density at radius 2 is 1.94 bits per heavy atom. The quantitative estimate of drug-likeness (QED) is 0.851. The van der Waals surface area contributed by atoms with E-state index in [0.29, 0.717) is 15.1 Å². The normalized spacial score (nSPS) is 12.5. The molecule has 2 aromatic carbocycles. The van der Waals surface area contributed by atoms with Crippen molar-refractivity contribution in [1.29, 1.82) is 0 Å². The van der Waals surface area contributed by atoms with Crippen LogP contribution in [0.4, 0.5) is 4.39 Å². The number of hydrogen-bond acceptors (Lipinski definition) is 1. The lowest BCUT2D eigenvalue weighted by Gasteiger charge is -2.15. The lowest BCUT2D eigenvalue weighted by Crippen LogP contribution is -2.04. The average Bonchev–Trinajstić information content (AvgIpc) is 2.32. The summed E-state index contributed by atoms with van der Waals surface area (Å²) in [6.07, 6.45) is -1.07. The van der Waals surface area contributed by atoms with E-state index < -0.39 is 11.9 Å². The minimum Gasteiger partial charge on any atom is -0.383 e. The first-order chi connectivity index (χ1) is 8.50. The fourth-order valence-electron chi connectivity index (χ4n) is 1.75. The predicted molar refractivity (Wildman–Crippen MR) is 74.4 cm³/mol. The largest absolute Gasteiger partial charge is 0.383 e. The van der Waals surface area contributed by atoms with Gasteiger partial charge in [0.2, 0.25) is 0 Å². The van der Waals surface area contributed by atoms with Gasteiger partial charge in [0.25, 0.3) is 0 Å². The Morgan fingerprint density at radius 1 is 1.22 bits per heavy atom. The number of rotatable bonds is 2. The summed E-state index contributed by atoms with van der Waals surface area (Å²) in [7, 11) is 0. The maximum atomic E-state index is 13.9. The third-order valence-electron chi connectivity index (χ3n) is 2.73. The molecule has 1 nitrogen and oxygen atoms in total. The van der Waals surface area contributed by atoms with E-state index in [9.17, 15) is 9.50 Å². The van der Waals surface area contributed by atoms with E-state index in [4.69, 9.17) is 11.6 Å². The highest BCUT2D eigenvalue weighted by Crippen LogP contribution is 2.32. The van der Waals surface area contributed by atoms with Crippen molar-refractivity contribution in [2.45, 2.75) is 13.0 Å². The van der Waals surface area contributed by atoms with Gasteiger partial charge >= 0.3 is 0 Å². The van der Waals surface area contributed by atoms with Crippen molar-refractivity contribution < 1.29 is 9.50 Å². The number of aliphatic hydroxyl groups excluding tert-OH is 1. The summed E-state index contributed by atoms with van der Waals surface area (Å²) in [6.45, 7) is 1.90. The molecule has 0 bridgehead atoms. The van der Waals surface area contributed by atoms with Crippen LogP contribution in [0.2, 0.25) is 5.02 Å². The molecule has 0 heterocycles. The molecule has 0 saturated heterocycles. The highest BCUT2D eigenvalue weighted by atomic mass is 79.9. The highest BCUT2D eigenvalue weighted by Gasteiger charge is 2.18. The third-order valence-corrected chi connectivity index (χ3v) is 3.67. The molecule has 94 valence electrons. The van der Waals surface area contributed by atoms with E-state index in [-0.39, 0.29) is 5.56 Å². The summed E-state index contributed by atoms with van der Waals surface area (Å²) in [4.78, 5) is 0. The van der Waals surface area contributed by atoms with Crippen LogP contribution in [0.5, 0.6) is 0 Å². The first kappa shape index (κ1) is 13.5. The van der Waals surface area contributed by atoms with Crippen LogP contribution < -0.4 is 0 Å². The van der Waals surface area contributed by atoms with Gasteiger partial charge in [0.15, 0.2) is 0 Å². The second-order valence-electron chi connectivity index (χ2n) is 4.07. The molecule has 0 aliphatic carbocycles. The topological polar surface area (TPSA) is 20.2 Å². The van der Waals surface area contributed by atoms with Gasteiger partial charge in [0, 0.05) is 16.1 Å². The molecule has 0 aliphatic heterocycles. The molecule has 2 aromatic rings. The Morgan fingerprint density at radius 3 is 2.61 bits per heavy atom. The molecule has 0 spiro atoms. The third kappa shape index (κ3) is 2.58. The van der Waals surface area contributed by atoms with Crippen LogP contribution in [-0.2, 0) is 0 Å². The Balaban J connectivity index is 2.48. The van der Waals surface area contributed by atoms with E-state index in [1.54, 1.807) is 30.3 Å². The summed E-state index contributed by atoms with van der Waals surface area (Å²) in [5.74, 6) is -0.471. The molecule has 1 N–H and O–H groups in total. The fraction of sp³-hybridized carbons (Fsp3) is 0.143. The second kappa shape index (κ2) is 5.39. The molecule has 18 heavy (non-hydrogen) atoms. The minimum absolute atomic E-state index is 0.204. The van der Waals surface area contributed by atoms with Crippen molar-refractivity contribution in [3.63, 3.8) is 0 Å². The van der Waals surface area contributed by atoms with E-state index in [1.807, 2.05) is 13.0 Å². The van der Waals surface area contributed by atoms with Crippen LogP contribution >= 0.6 is 27.5 Å². The SMILES string of the molecule is Cc1ccc(C(O)c2cccc(Br)c2F)c(Cl)c1. The van der Waals surface area contributed by atoms with Gasteiger partial charge in [-0.05, 0) is 40.5 Å². The number of aliphatic hydroxyl groups is 1. The molecule has 0 fully saturated rings. The lowest BCUT2D eigenvalue weighted by molar-refractivity contribution is 0.215. The molecule has 1 atom stereocenters. The van der Waals surface area contributed by atoms with Gasteiger partial charge in [-0.15, -0.1) is 0 Å². The maximum absolute atomic E-state index is 13.9. The Kier molecular flexibility index (Phi) is 4.05. The smallest absolute Gasteiger partial charge is 0.143 e. The van der Waals surface area contributed by atoms with Gasteiger partial charge in [-0.2, -0.15) is 0 Å². The Bertz CT molecular complexity index is 586. The molecular formula is C14H11BrClFO. The number of hydrogen-bond donors (Lipinski definition) is 1. The summed E-state index contributed by atoms with van der Waals surface area (Å²) < 4.78 is 14.2. The molecule has 0 saturated carbocycles. The van der Waals surface area contributed by atoms with Crippen LogP contribution in [-0.4, -0.2) is 5.11 Å². The van der Waals surface area contributed by atoms with E-state index in [1.165, 1.54) is 0 Å². The lowest BCUT2D eigenvalue weighted by atomic mass is 10.00. The molecular weight excluding hydrogens is 319 g/mol. The Hall–Kier alpha value is -0.900. The first-order valence-corrected chi connectivity index (χ1v) is 6.56. The number of benzene rings is 2. The zero-order chi connectivity index (χ0) is 13.3. The van der Waals surface area contributed by atoms with Gasteiger partial charge in [-0.3, -0.25) is 0 Å². The molecule has 0 radical (unpaired) electrons. The zero-order valence-electron chi connectivity index (χ0n) is 9.62. The van der Waals surface area contributed by atoms with Crippen LogP contribution in [0, 0.1) is 12.7 Å². The van der Waals surface area contributed by atoms with E-state index in [0.717, 1.165) is 5.56 Å². The fourth-order valence-corrected chi connectivity index (χ4v) is 2.47. The minimum atomic E-state index is -1.07. The second-order valence-corrected chi connectivity index (χ2v) is 5.33. The molecule has 4 heteroatoms. The van der Waals surface area contributed by atoms with Crippen molar-refractivity contribution in [2.75, 3.05) is 0 Å². The van der Waals surface area contributed by atoms with Crippen molar-refractivity contribution in [3.8, 4) is 0 Å². The average molecular weight is 330 g/mol. The summed E-state index contributed by atoms with van der Waals surface area (Å²) in [5.41, 5.74) is 1.69. The summed E-state index contributed by atoms with van der Waals surface area (Å²) in [6, 6.07) is 10.1. The molecule has 1 unspecified atom stereocenters. The van der Waals surface area contributed by atoms with Crippen LogP contribution in [0.3, 0.4) is 0 Å². The molecule has 0 aliphatic rings. The number of aryl methyl sites for hydroxylation is 1.